The van der Waals surface area contributed by atoms with Crippen LogP contribution in [0.3, 0.4) is 0 Å². The molecule has 0 radical (unpaired) electrons. The van der Waals surface area contributed by atoms with Crippen LogP contribution in [0, 0.1) is 5.92 Å². The maximum atomic E-state index is 16.1. The van der Waals surface area contributed by atoms with E-state index in [2.05, 4.69) is 5.32 Å². The minimum absolute atomic E-state index is 0.0897. The number of aliphatic hydroxyl groups is 2. The standard InChI is InChI=1S/C38H48FN3O6Si/c1-5-47-29-14-16-32-27(21-29)22-31(40-18-9-10-19-43)36(45)42(32)28-13-15-33-30(23-28)38(37(46)41(33)24-26-11-7-6-8-12-26)25(2)35(49(3,4)39)34(48-38)17-20-44/h6-8,11-16,21,23,25,31,34-35,40,43-44H,5,9-10,17-20,22,24H2,1-4H3/t25-,31?,34+,35-,38+/m1/s1. The van der Waals surface area contributed by atoms with Crippen LogP contribution >= 0.6 is 0 Å². The molecular formula is C38H48FN3O6Si. The minimum atomic E-state index is -3.38. The summed E-state index contributed by atoms with van der Waals surface area (Å²) in [6, 6.07) is 20.6. The van der Waals surface area contributed by atoms with Gasteiger partial charge in [-0.05, 0) is 99.8 Å². The van der Waals surface area contributed by atoms with Crippen molar-refractivity contribution in [3.05, 3.63) is 83.4 Å². The summed E-state index contributed by atoms with van der Waals surface area (Å²) in [5, 5.41) is 22.7. The van der Waals surface area contributed by atoms with Gasteiger partial charge in [-0.15, -0.1) is 0 Å². The van der Waals surface area contributed by atoms with Gasteiger partial charge in [0, 0.05) is 35.9 Å². The average molecular weight is 690 g/mol. The molecular weight excluding hydrogens is 642 g/mol. The number of anilines is 3. The highest BCUT2D eigenvalue weighted by Gasteiger charge is 2.66. The zero-order valence-corrected chi connectivity index (χ0v) is 29.8. The Balaban J connectivity index is 1.48. The quantitative estimate of drug-likeness (QED) is 0.119. The lowest BCUT2D eigenvalue weighted by molar-refractivity contribution is -0.146. The largest absolute Gasteiger partial charge is 0.494 e. The molecule has 1 fully saturated rings. The lowest BCUT2D eigenvalue weighted by Crippen LogP contribution is -2.49. The second kappa shape index (κ2) is 14.3. The topological polar surface area (TPSA) is 112 Å². The summed E-state index contributed by atoms with van der Waals surface area (Å²) in [5.41, 5.74) is 2.47. The Morgan fingerprint density at radius 3 is 2.47 bits per heavy atom. The Labute approximate surface area is 289 Å². The van der Waals surface area contributed by atoms with Crippen LogP contribution in [-0.4, -0.2) is 68.9 Å². The van der Waals surface area contributed by atoms with Gasteiger partial charge in [0.25, 0.3) is 5.91 Å². The SMILES string of the molecule is CCOc1ccc2c(c1)CC(NCCCCO)C(=O)N2c1ccc2c(c1)[C@]1(O[C@@H](CCO)[C@H]([Si](C)(C)F)[C@H]1C)C(=O)N2Cc1ccccc1. The molecule has 3 N–H and O–H groups in total. The number of unbranched alkanes of at least 4 members (excludes halogenated alkanes) is 1. The summed E-state index contributed by atoms with van der Waals surface area (Å²) in [4.78, 5) is 32.6. The Morgan fingerprint density at radius 2 is 1.78 bits per heavy atom. The molecule has 0 saturated carbocycles. The van der Waals surface area contributed by atoms with Crippen LogP contribution in [0.5, 0.6) is 5.75 Å². The zero-order chi connectivity index (χ0) is 34.9. The van der Waals surface area contributed by atoms with Crippen LogP contribution in [0.4, 0.5) is 21.2 Å². The molecule has 0 aliphatic carbocycles. The van der Waals surface area contributed by atoms with Crippen molar-refractivity contribution >= 4 is 37.3 Å². The highest BCUT2D eigenvalue weighted by atomic mass is 28.4. The van der Waals surface area contributed by atoms with E-state index in [9.17, 15) is 19.8 Å². The lowest BCUT2D eigenvalue weighted by atomic mass is 9.82. The monoisotopic (exact) mass is 689 g/mol. The molecule has 1 saturated heterocycles. The number of nitrogens with zero attached hydrogens (tertiary/aromatic N) is 2. The first kappa shape index (κ1) is 35.2. The molecule has 3 aliphatic heterocycles. The number of carbonyl (C=O) groups excluding carboxylic acids is 2. The van der Waals surface area contributed by atoms with E-state index in [0.29, 0.717) is 49.5 Å². The summed E-state index contributed by atoms with van der Waals surface area (Å²) in [7, 11) is -3.38. The molecule has 3 aromatic carbocycles. The fourth-order valence-electron chi connectivity index (χ4n) is 8.22. The number of amides is 2. The average Bonchev–Trinajstić information content (AvgIpc) is 3.50. The van der Waals surface area contributed by atoms with Crippen LogP contribution < -0.4 is 19.9 Å². The molecule has 49 heavy (non-hydrogen) atoms. The first-order valence-electron chi connectivity index (χ1n) is 17.5. The highest BCUT2D eigenvalue weighted by molar-refractivity contribution is 6.72. The van der Waals surface area contributed by atoms with Gasteiger partial charge in [-0.1, -0.05) is 37.3 Å². The molecule has 3 heterocycles. The van der Waals surface area contributed by atoms with Crippen molar-refractivity contribution in [2.45, 2.75) is 82.5 Å². The van der Waals surface area contributed by atoms with E-state index in [1.807, 2.05) is 80.6 Å². The van der Waals surface area contributed by atoms with Gasteiger partial charge < -0.3 is 34.0 Å². The summed E-state index contributed by atoms with van der Waals surface area (Å²) in [5.74, 6) is -0.183. The third-order valence-corrected chi connectivity index (χ3v) is 12.8. The van der Waals surface area contributed by atoms with Crippen molar-refractivity contribution in [3.8, 4) is 5.75 Å². The normalized spacial score (nSPS) is 24.9. The van der Waals surface area contributed by atoms with Crippen LogP contribution in [0.1, 0.15) is 49.8 Å². The lowest BCUT2D eigenvalue weighted by Gasteiger charge is -2.36. The van der Waals surface area contributed by atoms with Gasteiger partial charge in [0.15, 0.2) is 5.60 Å². The van der Waals surface area contributed by atoms with E-state index in [0.717, 1.165) is 29.0 Å². The Morgan fingerprint density at radius 1 is 1.02 bits per heavy atom. The molecule has 0 bridgehead atoms. The van der Waals surface area contributed by atoms with Gasteiger partial charge >= 0.3 is 0 Å². The fourth-order valence-corrected chi connectivity index (χ4v) is 10.8. The number of nitrogens with one attached hydrogen (secondary N) is 1. The van der Waals surface area contributed by atoms with Crippen molar-refractivity contribution < 1.29 is 33.4 Å². The summed E-state index contributed by atoms with van der Waals surface area (Å²) in [6.07, 6.45) is 1.43. The highest BCUT2D eigenvalue weighted by Crippen LogP contribution is 2.61. The minimum Gasteiger partial charge on any atom is -0.494 e. The predicted molar refractivity (Wildman–Crippen MR) is 190 cm³/mol. The molecule has 262 valence electrons. The number of carbonyl (C=O) groups is 2. The van der Waals surface area contributed by atoms with Gasteiger partial charge in [0.05, 0.1) is 36.7 Å². The van der Waals surface area contributed by atoms with Crippen LogP contribution in [-0.2, 0) is 32.9 Å². The number of ether oxygens (including phenoxy) is 2. The van der Waals surface area contributed by atoms with Gasteiger partial charge in [-0.2, -0.15) is 0 Å². The molecule has 0 aromatic heterocycles. The first-order chi connectivity index (χ1) is 23.5. The zero-order valence-electron chi connectivity index (χ0n) is 28.8. The maximum Gasteiger partial charge on any atom is 0.264 e. The summed E-state index contributed by atoms with van der Waals surface area (Å²) < 4.78 is 28.7. The van der Waals surface area contributed by atoms with E-state index in [1.165, 1.54) is 0 Å². The van der Waals surface area contributed by atoms with Crippen molar-refractivity contribution in [1.29, 1.82) is 0 Å². The van der Waals surface area contributed by atoms with E-state index < -0.39 is 37.6 Å². The molecule has 2 amide bonds. The van der Waals surface area contributed by atoms with E-state index >= 15 is 4.11 Å². The molecule has 3 aromatic rings. The van der Waals surface area contributed by atoms with Crippen LogP contribution in [0.15, 0.2) is 66.7 Å². The van der Waals surface area contributed by atoms with Crippen LogP contribution in [0.2, 0.25) is 18.6 Å². The van der Waals surface area contributed by atoms with Crippen molar-refractivity contribution in [1.82, 2.24) is 5.32 Å². The Kier molecular flexibility index (Phi) is 10.3. The van der Waals surface area contributed by atoms with Crippen molar-refractivity contribution in [3.63, 3.8) is 0 Å². The number of halogens is 1. The number of hydrogen-bond acceptors (Lipinski definition) is 7. The summed E-state index contributed by atoms with van der Waals surface area (Å²) >= 11 is 0. The molecule has 11 heteroatoms. The predicted octanol–water partition coefficient (Wildman–Crippen LogP) is 5.74. The molecule has 6 rings (SSSR count). The Bertz CT molecular complexity index is 1670. The molecule has 9 nitrogen and oxygen atoms in total. The third kappa shape index (κ3) is 6.43. The van der Waals surface area contributed by atoms with Gasteiger partial charge in [0.2, 0.25) is 14.3 Å². The third-order valence-electron chi connectivity index (χ3n) is 10.3. The van der Waals surface area contributed by atoms with Crippen LogP contribution in [0.25, 0.3) is 0 Å². The molecule has 3 aliphatic rings. The number of benzene rings is 3. The van der Waals surface area contributed by atoms with Crippen molar-refractivity contribution in [2.24, 2.45) is 5.92 Å². The fraction of sp³-hybridized carbons (Fsp3) is 0.474. The molecule has 1 unspecified atom stereocenters. The van der Waals surface area contributed by atoms with E-state index in [1.54, 1.807) is 22.9 Å². The van der Waals surface area contributed by atoms with Gasteiger partial charge in [-0.3, -0.25) is 14.5 Å². The second-order valence-electron chi connectivity index (χ2n) is 13.9. The number of fused-ring (bicyclic) bond motifs is 3. The smallest absolute Gasteiger partial charge is 0.264 e. The summed E-state index contributed by atoms with van der Waals surface area (Å²) in [6.45, 7) is 8.42. The van der Waals surface area contributed by atoms with E-state index in [-0.39, 0.29) is 31.4 Å². The number of aliphatic hydroxyl groups excluding tert-OH is 2. The molecule has 1 spiro atoms. The molecule has 5 atom stereocenters. The number of rotatable bonds is 13. The van der Waals surface area contributed by atoms with Gasteiger partial charge in [0.1, 0.15) is 5.75 Å². The number of hydrogen-bond donors (Lipinski definition) is 3. The second-order valence-corrected chi connectivity index (χ2v) is 17.7. The van der Waals surface area contributed by atoms with E-state index in [4.69, 9.17) is 9.47 Å². The first-order valence-corrected chi connectivity index (χ1v) is 20.4. The van der Waals surface area contributed by atoms with Gasteiger partial charge in [-0.25, -0.2) is 0 Å². The van der Waals surface area contributed by atoms with Crippen molar-refractivity contribution in [2.75, 3.05) is 36.2 Å². The maximum absolute atomic E-state index is 16.1. The Hall–Kier alpha value is -3.61.